The lowest BCUT2D eigenvalue weighted by molar-refractivity contribution is -0.121. The van der Waals surface area contributed by atoms with Gasteiger partial charge in [-0.3, -0.25) is 14.0 Å². The van der Waals surface area contributed by atoms with Crippen molar-refractivity contribution in [2.75, 3.05) is 19.6 Å². The van der Waals surface area contributed by atoms with Gasteiger partial charge in [0.05, 0.1) is 23.4 Å². The first-order chi connectivity index (χ1) is 18.6. The number of hydrogen-bond acceptors (Lipinski definition) is 6. The Bertz CT molecular complexity index is 1530. The summed E-state index contributed by atoms with van der Waals surface area (Å²) in [5, 5.41) is 9.80. The average Bonchev–Trinajstić information content (AvgIpc) is 3.46. The van der Waals surface area contributed by atoms with E-state index in [4.69, 9.17) is 10.1 Å². The number of thiazole rings is 1. The summed E-state index contributed by atoms with van der Waals surface area (Å²) in [7, 11) is 0. The van der Waals surface area contributed by atoms with Gasteiger partial charge in [-0.2, -0.15) is 5.10 Å². The van der Waals surface area contributed by atoms with Crippen LogP contribution in [0, 0.1) is 27.7 Å². The first kappa shape index (κ1) is 28.7. The summed E-state index contributed by atoms with van der Waals surface area (Å²) < 4.78 is 3.46. The second-order valence-electron chi connectivity index (χ2n) is 10.3. The summed E-state index contributed by atoms with van der Waals surface area (Å²) in [6.45, 7) is 17.5. The standard InChI is InChI=1S/C30H40N6O2S/c1-8-34(9-2)15-11-13-20(4)31-27(37)17-24-18-39-30-32-23(7)28(29(38)35(24)30)25-16-21(5)36(33-25)26-14-10-12-19(3)22(26)6/h10,12,14,16,18,20H,8-9,11,13,15,17H2,1-7H3,(H,31,37). The molecule has 1 atom stereocenters. The number of rotatable bonds is 11. The fraction of sp³-hybridized carbons (Fsp3) is 0.467. The number of amides is 1. The van der Waals surface area contributed by atoms with Crippen molar-refractivity contribution in [3.05, 3.63) is 68.2 Å². The molecule has 3 heterocycles. The Balaban J connectivity index is 1.57. The topological polar surface area (TPSA) is 84.5 Å². The van der Waals surface area contributed by atoms with Gasteiger partial charge < -0.3 is 10.2 Å². The third kappa shape index (κ3) is 6.15. The van der Waals surface area contributed by atoms with Gasteiger partial charge in [0, 0.05) is 22.8 Å². The summed E-state index contributed by atoms with van der Waals surface area (Å²) in [5.41, 5.74) is 6.38. The third-order valence-corrected chi connectivity index (χ3v) is 8.40. The van der Waals surface area contributed by atoms with E-state index in [-0.39, 0.29) is 23.9 Å². The highest BCUT2D eigenvalue weighted by Gasteiger charge is 2.21. The van der Waals surface area contributed by atoms with Crippen LogP contribution in [0.2, 0.25) is 0 Å². The van der Waals surface area contributed by atoms with E-state index in [2.05, 4.69) is 44.0 Å². The lowest BCUT2D eigenvalue weighted by Gasteiger charge is -2.19. The molecule has 0 saturated heterocycles. The molecule has 0 aliphatic rings. The van der Waals surface area contributed by atoms with Crippen molar-refractivity contribution in [1.29, 1.82) is 0 Å². The van der Waals surface area contributed by atoms with Crippen LogP contribution in [0.25, 0.3) is 21.9 Å². The van der Waals surface area contributed by atoms with Gasteiger partial charge in [0.15, 0.2) is 4.96 Å². The van der Waals surface area contributed by atoms with Gasteiger partial charge in [-0.1, -0.05) is 26.0 Å². The Morgan fingerprint density at radius 3 is 2.62 bits per heavy atom. The van der Waals surface area contributed by atoms with Crippen LogP contribution >= 0.6 is 11.3 Å². The number of fused-ring (bicyclic) bond motifs is 1. The van der Waals surface area contributed by atoms with E-state index in [0.717, 1.165) is 49.4 Å². The Labute approximate surface area is 234 Å². The van der Waals surface area contributed by atoms with Crippen molar-refractivity contribution in [1.82, 2.24) is 29.4 Å². The molecule has 39 heavy (non-hydrogen) atoms. The Morgan fingerprint density at radius 1 is 1.15 bits per heavy atom. The zero-order valence-electron chi connectivity index (χ0n) is 24.2. The maximum absolute atomic E-state index is 13.8. The minimum absolute atomic E-state index is 0.0719. The Kier molecular flexibility index (Phi) is 9.02. The molecular formula is C30H40N6O2S. The molecule has 0 fully saturated rings. The Hall–Kier alpha value is -3.30. The van der Waals surface area contributed by atoms with E-state index >= 15 is 0 Å². The van der Waals surface area contributed by atoms with E-state index in [1.807, 2.05) is 49.0 Å². The van der Waals surface area contributed by atoms with Gasteiger partial charge in [0.1, 0.15) is 5.69 Å². The minimum Gasteiger partial charge on any atom is -0.353 e. The molecule has 0 radical (unpaired) electrons. The SMILES string of the molecule is CCN(CC)CCCC(C)NC(=O)Cc1csc2nc(C)c(-c3cc(C)n(-c4cccc(C)c4C)n3)c(=O)n12. The fourth-order valence-corrected chi connectivity index (χ4v) is 5.98. The largest absolute Gasteiger partial charge is 0.353 e. The van der Waals surface area contributed by atoms with Gasteiger partial charge in [0.25, 0.3) is 5.56 Å². The number of aromatic nitrogens is 4. The molecular weight excluding hydrogens is 508 g/mol. The van der Waals surface area contributed by atoms with Crippen molar-refractivity contribution >= 4 is 22.2 Å². The van der Waals surface area contributed by atoms with Crippen LogP contribution in [0.4, 0.5) is 0 Å². The second-order valence-corrected chi connectivity index (χ2v) is 11.2. The van der Waals surface area contributed by atoms with E-state index in [9.17, 15) is 9.59 Å². The molecule has 1 N–H and O–H groups in total. The summed E-state index contributed by atoms with van der Waals surface area (Å²) in [4.78, 5) is 34.4. The van der Waals surface area contributed by atoms with Crippen LogP contribution in [0.3, 0.4) is 0 Å². The van der Waals surface area contributed by atoms with Crippen molar-refractivity contribution < 1.29 is 4.79 Å². The predicted molar refractivity (Wildman–Crippen MR) is 159 cm³/mol. The summed E-state index contributed by atoms with van der Waals surface area (Å²) in [6, 6.07) is 8.13. The molecule has 0 aliphatic carbocycles. The maximum atomic E-state index is 13.8. The zero-order valence-corrected chi connectivity index (χ0v) is 25.0. The van der Waals surface area contributed by atoms with E-state index in [1.54, 1.807) is 4.40 Å². The molecule has 1 aromatic carbocycles. The number of benzene rings is 1. The lowest BCUT2D eigenvalue weighted by atomic mass is 10.1. The van der Waals surface area contributed by atoms with Crippen molar-refractivity contribution in [2.45, 2.75) is 73.8 Å². The summed E-state index contributed by atoms with van der Waals surface area (Å²) in [6.07, 6.45) is 2.07. The first-order valence-electron chi connectivity index (χ1n) is 13.8. The van der Waals surface area contributed by atoms with Crippen LogP contribution < -0.4 is 10.9 Å². The van der Waals surface area contributed by atoms with Gasteiger partial charge >= 0.3 is 0 Å². The number of aryl methyl sites for hydroxylation is 3. The quantitative estimate of drug-likeness (QED) is 0.285. The molecule has 0 bridgehead atoms. The lowest BCUT2D eigenvalue weighted by Crippen LogP contribution is -2.35. The zero-order chi connectivity index (χ0) is 28.3. The molecule has 1 unspecified atom stereocenters. The van der Waals surface area contributed by atoms with Crippen molar-refractivity contribution in [3.8, 4) is 16.9 Å². The number of nitrogens with one attached hydrogen (secondary N) is 1. The van der Waals surface area contributed by atoms with Crippen LogP contribution in [0.5, 0.6) is 0 Å². The molecule has 4 aromatic rings. The van der Waals surface area contributed by atoms with Gasteiger partial charge in [-0.25, -0.2) is 9.67 Å². The normalized spacial score (nSPS) is 12.4. The monoisotopic (exact) mass is 548 g/mol. The molecule has 208 valence electrons. The average molecular weight is 549 g/mol. The number of carbonyl (C=O) groups excluding carboxylic acids is 1. The van der Waals surface area contributed by atoms with Crippen LogP contribution in [-0.2, 0) is 11.2 Å². The molecule has 0 saturated carbocycles. The predicted octanol–water partition coefficient (Wildman–Crippen LogP) is 5.01. The Morgan fingerprint density at radius 2 is 1.90 bits per heavy atom. The molecule has 8 nitrogen and oxygen atoms in total. The van der Waals surface area contributed by atoms with Gasteiger partial charge in [-0.05, 0) is 90.4 Å². The molecule has 0 aliphatic heterocycles. The van der Waals surface area contributed by atoms with Crippen molar-refractivity contribution in [2.24, 2.45) is 0 Å². The number of hydrogen-bond donors (Lipinski definition) is 1. The molecule has 9 heteroatoms. The van der Waals surface area contributed by atoms with Gasteiger partial charge in [0.2, 0.25) is 5.91 Å². The highest BCUT2D eigenvalue weighted by atomic mass is 32.1. The molecule has 0 spiro atoms. The second kappa shape index (κ2) is 12.3. The van der Waals surface area contributed by atoms with Crippen molar-refractivity contribution in [3.63, 3.8) is 0 Å². The molecule has 4 rings (SSSR count). The number of carbonyl (C=O) groups is 1. The highest BCUT2D eigenvalue weighted by molar-refractivity contribution is 7.15. The fourth-order valence-electron chi connectivity index (χ4n) is 5.05. The third-order valence-electron chi connectivity index (χ3n) is 7.52. The minimum atomic E-state index is -0.195. The summed E-state index contributed by atoms with van der Waals surface area (Å²) in [5.74, 6) is -0.0888. The van der Waals surface area contributed by atoms with E-state index in [0.29, 0.717) is 27.6 Å². The van der Waals surface area contributed by atoms with E-state index < -0.39 is 0 Å². The molecule has 1 amide bonds. The van der Waals surface area contributed by atoms with E-state index in [1.165, 1.54) is 16.9 Å². The van der Waals surface area contributed by atoms with Crippen LogP contribution in [0.1, 0.15) is 61.8 Å². The maximum Gasteiger partial charge on any atom is 0.268 e. The van der Waals surface area contributed by atoms with Crippen LogP contribution in [0.15, 0.2) is 34.4 Å². The smallest absolute Gasteiger partial charge is 0.268 e. The summed E-state index contributed by atoms with van der Waals surface area (Å²) >= 11 is 1.38. The molecule has 3 aromatic heterocycles. The van der Waals surface area contributed by atoms with Gasteiger partial charge in [-0.15, -0.1) is 11.3 Å². The number of nitrogens with zero attached hydrogens (tertiary/aromatic N) is 5. The highest BCUT2D eigenvalue weighted by Crippen LogP contribution is 2.25. The van der Waals surface area contributed by atoms with Crippen LogP contribution in [-0.4, -0.2) is 55.6 Å². The first-order valence-corrected chi connectivity index (χ1v) is 14.7.